The molecule has 6 heteroatoms. The van der Waals surface area contributed by atoms with Crippen molar-refractivity contribution in [3.63, 3.8) is 0 Å². The van der Waals surface area contributed by atoms with Crippen molar-refractivity contribution in [3.8, 4) is 10.7 Å². The molecule has 1 aromatic carbocycles. The minimum absolute atomic E-state index is 0.328. The third-order valence-electron chi connectivity index (χ3n) is 3.21. The summed E-state index contributed by atoms with van der Waals surface area (Å²) in [6.45, 7) is 2.11. The number of thioether (sulfide) groups is 1. The molecule has 0 fully saturated rings. The van der Waals surface area contributed by atoms with Crippen LogP contribution in [0.25, 0.3) is 10.7 Å². The molecular formula is C18H16N2O2S2. The molecule has 0 N–H and O–H groups in total. The van der Waals surface area contributed by atoms with Crippen molar-refractivity contribution >= 4 is 29.1 Å². The third kappa shape index (κ3) is 4.01. The Morgan fingerprint density at radius 1 is 1.21 bits per heavy atom. The van der Waals surface area contributed by atoms with Gasteiger partial charge in [0.2, 0.25) is 0 Å². The molecule has 0 unspecified atom stereocenters. The maximum atomic E-state index is 12.2. The Balaban J connectivity index is 1.89. The number of hydrogen-bond acceptors (Lipinski definition) is 6. The molecule has 3 aromatic rings. The van der Waals surface area contributed by atoms with Gasteiger partial charge in [-0.1, -0.05) is 36.4 Å². The van der Waals surface area contributed by atoms with Crippen LogP contribution in [0.15, 0.2) is 59.1 Å². The summed E-state index contributed by atoms with van der Waals surface area (Å²) >= 11 is 3.09. The summed E-state index contributed by atoms with van der Waals surface area (Å²) < 4.78 is 5.12. The first kappa shape index (κ1) is 16.7. The monoisotopic (exact) mass is 356 g/mol. The minimum Gasteiger partial charge on any atom is -0.462 e. The van der Waals surface area contributed by atoms with E-state index in [9.17, 15) is 4.79 Å². The highest BCUT2D eigenvalue weighted by Gasteiger charge is 2.17. The summed E-state index contributed by atoms with van der Waals surface area (Å²) in [6, 6.07) is 14.0. The van der Waals surface area contributed by atoms with Crippen LogP contribution in [0.2, 0.25) is 0 Å². The normalized spacial score (nSPS) is 10.5. The van der Waals surface area contributed by atoms with Gasteiger partial charge in [-0.15, -0.1) is 23.1 Å². The summed E-state index contributed by atoms with van der Waals surface area (Å²) in [5.74, 6) is 0.980. The lowest BCUT2D eigenvalue weighted by Gasteiger charge is -2.09. The molecule has 122 valence electrons. The minimum atomic E-state index is -0.384. The fourth-order valence-corrected chi connectivity index (χ4v) is 3.68. The first-order valence-electron chi connectivity index (χ1n) is 7.52. The molecule has 4 nitrogen and oxygen atoms in total. The molecule has 0 aliphatic heterocycles. The first-order chi connectivity index (χ1) is 11.8. The highest BCUT2D eigenvalue weighted by molar-refractivity contribution is 7.98. The van der Waals surface area contributed by atoms with E-state index in [1.54, 1.807) is 24.5 Å². The van der Waals surface area contributed by atoms with Gasteiger partial charge in [0.05, 0.1) is 11.5 Å². The molecule has 0 spiro atoms. The van der Waals surface area contributed by atoms with Gasteiger partial charge < -0.3 is 4.74 Å². The van der Waals surface area contributed by atoms with Crippen molar-refractivity contribution in [2.24, 2.45) is 0 Å². The van der Waals surface area contributed by atoms with Crippen LogP contribution in [-0.2, 0) is 10.5 Å². The molecule has 2 heterocycles. The smallest absolute Gasteiger partial charge is 0.342 e. The second kappa shape index (κ2) is 8.08. The average molecular weight is 356 g/mol. The van der Waals surface area contributed by atoms with E-state index in [1.165, 1.54) is 17.3 Å². The molecule has 0 amide bonds. The standard InChI is InChI=1S/C18H16N2O2S2/c1-2-22-18(21)14-11-19-16(15-9-6-10-23-15)20-17(14)24-12-13-7-4-3-5-8-13/h3-11H,2,12H2,1H3. The fourth-order valence-electron chi connectivity index (χ4n) is 2.08. The zero-order valence-electron chi connectivity index (χ0n) is 13.1. The third-order valence-corrected chi connectivity index (χ3v) is 5.14. The maximum Gasteiger partial charge on any atom is 0.342 e. The number of carbonyl (C=O) groups excluding carboxylic acids is 1. The number of esters is 1. The molecule has 0 aliphatic carbocycles. The molecular weight excluding hydrogens is 340 g/mol. The van der Waals surface area contributed by atoms with Gasteiger partial charge in [0.15, 0.2) is 5.82 Å². The second-order valence-electron chi connectivity index (χ2n) is 4.88. The summed E-state index contributed by atoms with van der Waals surface area (Å²) in [4.78, 5) is 22.1. The van der Waals surface area contributed by atoms with Crippen molar-refractivity contribution < 1.29 is 9.53 Å². The molecule has 0 saturated carbocycles. The Hall–Kier alpha value is -2.18. The molecule has 3 rings (SSSR count). The second-order valence-corrected chi connectivity index (χ2v) is 6.80. The number of carbonyl (C=O) groups is 1. The van der Waals surface area contributed by atoms with Crippen LogP contribution in [0, 0.1) is 0 Å². The summed E-state index contributed by atoms with van der Waals surface area (Å²) in [7, 11) is 0. The van der Waals surface area contributed by atoms with Crippen LogP contribution in [-0.4, -0.2) is 22.5 Å². The van der Waals surface area contributed by atoms with Gasteiger partial charge in [0.1, 0.15) is 10.6 Å². The van der Waals surface area contributed by atoms with Crippen LogP contribution in [0.3, 0.4) is 0 Å². The molecule has 0 bridgehead atoms. The molecule has 0 atom stereocenters. The summed E-state index contributed by atoms with van der Waals surface area (Å²) in [5.41, 5.74) is 1.59. The lowest BCUT2D eigenvalue weighted by molar-refractivity contribution is 0.0521. The van der Waals surface area contributed by atoms with Crippen molar-refractivity contribution in [2.75, 3.05) is 6.61 Å². The molecule has 24 heavy (non-hydrogen) atoms. The van der Waals surface area contributed by atoms with E-state index in [2.05, 4.69) is 22.1 Å². The van der Waals surface area contributed by atoms with Crippen molar-refractivity contribution in [1.82, 2.24) is 9.97 Å². The molecule has 0 aliphatic rings. The van der Waals surface area contributed by atoms with E-state index in [-0.39, 0.29) is 5.97 Å². The Morgan fingerprint density at radius 2 is 2.04 bits per heavy atom. The Morgan fingerprint density at radius 3 is 2.75 bits per heavy atom. The lowest BCUT2D eigenvalue weighted by atomic mass is 10.2. The summed E-state index contributed by atoms with van der Waals surface area (Å²) in [5, 5.41) is 2.63. The van der Waals surface area contributed by atoms with Gasteiger partial charge in [-0.2, -0.15) is 0 Å². The Labute approximate surface area is 148 Å². The van der Waals surface area contributed by atoms with Gasteiger partial charge in [-0.05, 0) is 23.9 Å². The summed E-state index contributed by atoms with van der Waals surface area (Å²) in [6.07, 6.45) is 1.56. The zero-order valence-corrected chi connectivity index (χ0v) is 14.8. The average Bonchev–Trinajstić information content (AvgIpc) is 3.15. The van der Waals surface area contributed by atoms with E-state index in [4.69, 9.17) is 4.74 Å². The number of benzene rings is 1. The van der Waals surface area contributed by atoms with Crippen molar-refractivity contribution in [2.45, 2.75) is 17.7 Å². The van der Waals surface area contributed by atoms with E-state index in [0.29, 0.717) is 23.0 Å². The van der Waals surface area contributed by atoms with Gasteiger partial charge in [0, 0.05) is 11.9 Å². The van der Waals surface area contributed by atoms with E-state index in [0.717, 1.165) is 10.6 Å². The number of ether oxygens (including phenoxy) is 1. The van der Waals surface area contributed by atoms with E-state index < -0.39 is 0 Å². The maximum absolute atomic E-state index is 12.2. The first-order valence-corrected chi connectivity index (χ1v) is 9.39. The van der Waals surface area contributed by atoms with Crippen LogP contribution < -0.4 is 0 Å². The van der Waals surface area contributed by atoms with Gasteiger partial charge in [0.25, 0.3) is 0 Å². The molecule has 2 aromatic heterocycles. The van der Waals surface area contributed by atoms with Crippen LogP contribution in [0.5, 0.6) is 0 Å². The largest absolute Gasteiger partial charge is 0.462 e. The van der Waals surface area contributed by atoms with Gasteiger partial charge in [-0.3, -0.25) is 0 Å². The predicted molar refractivity (Wildman–Crippen MR) is 97.3 cm³/mol. The van der Waals surface area contributed by atoms with E-state index in [1.807, 2.05) is 35.7 Å². The molecule has 0 radical (unpaired) electrons. The predicted octanol–water partition coefficient (Wildman–Crippen LogP) is 4.67. The van der Waals surface area contributed by atoms with Crippen LogP contribution in [0.4, 0.5) is 0 Å². The van der Waals surface area contributed by atoms with Crippen molar-refractivity contribution in [1.29, 1.82) is 0 Å². The van der Waals surface area contributed by atoms with Gasteiger partial charge >= 0.3 is 5.97 Å². The zero-order chi connectivity index (χ0) is 16.8. The number of rotatable bonds is 6. The fraction of sp³-hybridized carbons (Fsp3) is 0.167. The number of nitrogens with zero attached hydrogens (tertiary/aromatic N) is 2. The Bertz CT molecular complexity index is 805. The number of hydrogen-bond donors (Lipinski definition) is 0. The highest BCUT2D eigenvalue weighted by atomic mass is 32.2. The SMILES string of the molecule is CCOC(=O)c1cnc(-c2cccs2)nc1SCc1ccccc1. The van der Waals surface area contributed by atoms with Gasteiger partial charge in [-0.25, -0.2) is 14.8 Å². The topological polar surface area (TPSA) is 52.1 Å². The highest BCUT2D eigenvalue weighted by Crippen LogP contribution is 2.28. The Kier molecular flexibility index (Phi) is 5.61. The molecule has 0 saturated heterocycles. The lowest BCUT2D eigenvalue weighted by Crippen LogP contribution is -2.09. The van der Waals surface area contributed by atoms with Crippen LogP contribution in [0.1, 0.15) is 22.8 Å². The number of thiophene rings is 1. The number of aromatic nitrogens is 2. The van der Waals surface area contributed by atoms with Crippen molar-refractivity contribution in [3.05, 3.63) is 65.2 Å². The van der Waals surface area contributed by atoms with Crippen LogP contribution >= 0.6 is 23.1 Å². The quantitative estimate of drug-likeness (QED) is 0.365. The van der Waals surface area contributed by atoms with E-state index >= 15 is 0 Å².